The molecule has 12 heavy (non-hydrogen) atoms. The molecule has 0 aliphatic heterocycles. The Bertz CT molecular complexity index is 165. The van der Waals surface area contributed by atoms with E-state index in [1.54, 1.807) is 0 Å². The molecule has 0 heterocycles. The van der Waals surface area contributed by atoms with Crippen LogP contribution in [0.25, 0.3) is 0 Å². The van der Waals surface area contributed by atoms with Gasteiger partial charge < -0.3 is 0 Å². The summed E-state index contributed by atoms with van der Waals surface area (Å²) in [6.07, 6.45) is 2.78. The highest BCUT2D eigenvalue weighted by Gasteiger charge is 2.41. The monoisotopic (exact) mass is 168 g/mol. The third kappa shape index (κ3) is 1.84. The number of rotatable bonds is 0. The van der Waals surface area contributed by atoms with Crippen molar-refractivity contribution in [2.45, 2.75) is 54.4 Å². The van der Waals surface area contributed by atoms with Crippen molar-refractivity contribution >= 4 is 0 Å². The lowest BCUT2D eigenvalue weighted by Gasteiger charge is -2.49. The van der Waals surface area contributed by atoms with Gasteiger partial charge in [-0.3, -0.25) is 0 Å². The highest BCUT2D eigenvalue weighted by atomic mass is 14.5. The van der Waals surface area contributed by atoms with E-state index in [0.717, 1.165) is 11.8 Å². The van der Waals surface area contributed by atoms with Gasteiger partial charge in [-0.1, -0.05) is 41.5 Å². The Labute approximate surface area is 77.7 Å². The van der Waals surface area contributed by atoms with Crippen molar-refractivity contribution in [1.29, 1.82) is 0 Å². The summed E-state index contributed by atoms with van der Waals surface area (Å²) in [5, 5.41) is 0. The molecule has 0 aromatic heterocycles. The van der Waals surface area contributed by atoms with Gasteiger partial charge in [-0.25, -0.2) is 0 Å². The second-order valence-corrected chi connectivity index (χ2v) is 6.30. The van der Waals surface area contributed by atoms with Crippen molar-refractivity contribution in [3.05, 3.63) is 0 Å². The maximum atomic E-state index is 2.43. The van der Waals surface area contributed by atoms with Crippen molar-refractivity contribution < 1.29 is 0 Å². The Kier molecular flexibility index (Phi) is 2.31. The first-order valence-corrected chi connectivity index (χ1v) is 5.25. The molecule has 72 valence electrons. The summed E-state index contributed by atoms with van der Waals surface area (Å²) in [7, 11) is 0. The van der Waals surface area contributed by atoms with E-state index in [0.29, 0.717) is 10.8 Å². The van der Waals surface area contributed by atoms with Crippen LogP contribution in [0.5, 0.6) is 0 Å². The molecule has 0 nitrogen and oxygen atoms in total. The SMILES string of the molecule is CC1[C@@H](C)CC(C)(C)CC1(C)C. The summed E-state index contributed by atoms with van der Waals surface area (Å²) in [6.45, 7) is 14.5. The molecule has 0 heteroatoms. The third-order valence-electron chi connectivity index (χ3n) is 3.89. The van der Waals surface area contributed by atoms with Crippen molar-refractivity contribution in [3.63, 3.8) is 0 Å². The Hall–Kier alpha value is 0. The first-order chi connectivity index (χ1) is 5.25. The Morgan fingerprint density at radius 2 is 1.50 bits per heavy atom. The second-order valence-electron chi connectivity index (χ2n) is 6.30. The van der Waals surface area contributed by atoms with Crippen LogP contribution >= 0.6 is 0 Å². The summed E-state index contributed by atoms with van der Waals surface area (Å²) < 4.78 is 0. The average molecular weight is 168 g/mol. The maximum absolute atomic E-state index is 2.43. The smallest absolute Gasteiger partial charge is 0.0321 e. The van der Waals surface area contributed by atoms with Gasteiger partial charge in [-0.05, 0) is 35.5 Å². The molecule has 0 N–H and O–H groups in total. The van der Waals surface area contributed by atoms with Gasteiger partial charge in [0.15, 0.2) is 0 Å². The first-order valence-electron chi connectivity index (χ1n) is 5.25. The van der Waals surface area contributed by atoms with Crippen LogP contribution in [0.3, 0.4) is 0 Å². The number of hydrogen-bond donors (Lipinski definition) is 0. The Morgan fingerprint density at radius 1 is 1.00 bits per heavy atom. The fourth-order valence-electron chi connectivity index (χ4n) is 3.29. The number of hydrogen-bond acceptors (Lipinski definition) is 0. The van der Waals surface area contributed by atoms with Gasteiger partial charge in [0.05, 0.1) is 0 Å². The molecule has 0 bridgehead atoms. The van der Waals surface area contributed by atoms with Gasteiger partial charge in [0, 0.05) is 0 Å². The van der Waals surface area contributed by atoms with Gasteiger partial charge in [0.25, 0.3) is 0 Å². The zero-order valence-electron chi connectivity index (χ0n) is 9.57. The predicted molar refractivity (Wildman–Crippen MR) is 55.1 cm³/mol. The van der Waals surface area contributed by atoms with Gasteiger partial charge in [0.1, 0.15) is 0 Å². The van der Waals surface area contributed by atoms with Crippen molar-refractivity contribution in [3.8, 4) is 0 Å². The first kappa shape index (κ1) is 10.1. The molecule has 1 rings (SSSR count). The minimum Gasteiger partial charge on any atom is -0.0622 e. The van der Waals surface area contributed by atoms with Crippen LogP contribution in [0.4, 0.5) is 0 Å². The summed E-state index contributed by atoms with van der Waals surface area (Å²) in [5.41, 5.74) is 1.11. The lowest BCUT2D eigenvalue weighted by Crippen LogP contribution is -2.39. The quantitative estimate of drug-likeness (QED) is 0.511. The van der Waals surface area contributed by atoms with E-state index < -0.39 is 0 Å². The van der Waals surface area contributed by atoms with Crippen molar-refractivity contribution in [2.24, 2.45) is 22.7 Å². The Morgan fingerprint density at radius 3 is 1.92 bits per heavy atom. The molecule has 1 fully saturated rings. The predicted octanol–water partition coefficient (Wildman–Crippen LogP) is 4.10. The van der Waals surface area contributed by atoms with Gasteiger partial charge in [-0.15, -0.1) is 0 Å². The van der Waals surface area contributed by atoms with Crippen molar-refractivity contribution in [2.75, 3.05) is 0 Å². The van der Waals surface area contributed by atoms with E-state index >= 15 is 0 Å². The molecule has 1 aliphatic carbocycles. The minimum atomic E-state index is 0.543. The molecule has 0 radical (unpaired) electrons. The van der Waals surface area contributed by atoms with Crippen LogP contribution in [0.2, 0.25) is 0 Å². The topological polar surface area (TPSA) is 0 Å². The molecule has 0 amide bonds. The average Bonchev–Trinajstić information content (AvgIpc) is 1.79. The van der Waals surface area contributed by atoms with Crippen LogP contribution in [-0.2, 0) is 0 Å². The van der Waals surface area contributed by atoms with E-state index in [-0.39, 0.29) is 0 Å². The van der Waals surface area contributed by atoms with Gasteiger partial charge in [0.2, 0.25) is 0 Å². The third-order valence-corrected chi connectivity index (χ3v) is 3.89. The van der Waals surface area contributed by atoms with E-state index in [9.17, 15) is 0 Å². The van der Waals surface area contributed by atoms with E-state index in [4.69, 9.17) is 0 Å². The van der Waals surface area contributed by atoms with Crippen LogP contribution in [0, 0.1) is 22.7 Å². The van der Waals surface area contributed by atoms with Crippen LogP contribution in [0.1, 0.15) is 54.4 Å². The molecule has 0 saturated heterocycles. The molecule has 1 unspecified atom stereocenters. The zero-order valence-corrected chi connectivity index (χ0v) is 9.57. The summed E-state index contributed by atoms with van der Waals surface area (Å²) >= 11 is 0. The maximum Gasteiger partial charge on any atom is -0.0321 e. The molecule has 2 atom stereocenters. The van der Waals surface area contributed by atoms with Gasteiger partial charge in [-0.2, -0.15) is 0 Å². The summed E-state index contributed by atoms with van der Waals surface area (Å²) in [6, 6.07) is 0. The second kappa shape index (κ2) is 2.75. The molecule has 0 aromatic rings. The lowest BCUT2D eigenvalue weighted by molar-refractivity contribution is 0.0147. The van der Waals surface area contributed by atoms with Crippen LogP contribution in [-0.4, -0.2) is 0 Å². The molecular weight excluding hydrogens is 144 g/mol. The fraction of sp³-hybridized carbons (Fsp3) is 1.00. The standard InChI is InChI=1S/C12H24/c1-9-7-11(3,4)8-12(5,6)10(9)2/h9-10H,7-8H2,1-6H3/t9-,10?/m0/s1. The normalized spacial score (nSPS) is 39.5. The van der Waals surface area contributed by atoms with E-state index in [1.165, 1.54) is 12.8 Å². The Balaban J connectivity index is 2.80. The molecule has 0 aromatic carbocycles. The molecule has 1 saturated carbocycles. The molecule has 1 aliphatic rings. The van der Waals surface area contributed by atoms with Crippen LogP contribution in [0.15, 0.2) is 0 Å². The molecular formula is C12H24. The van der Waals surface area contributed by atoms with Crippen LogP contribution < -0.4 is 0 Å². The fourth-order valence-corrected chi connectivity index (χ4v) is 3.29. The van der Waals surface area contributed by atoms with Crippen molar-refractivity contribution in [1.82, 2.24) is 0 Å². The summed E-state index contributed by atoms with van der Waals surface area (Å²) in [5.74, 6) is 1.77. The summed E-state index contributed by atoms with van der Waals surface area (Å²) in [4.78, 5) is 0. The minimum absolute atomic E-state index is 0.543. The van der Waals surface area contributed by atoms with E-state index in [1.807, 2.05) is 0 Å². The lowest BCUT2D eigenvalue weighted by atomic mass is 9.57. The molecule has 0 spiro atoms. The zero-order chi connectivity index (χ0) is 9.57. The largest absolute Gasteiger partial charge is 0.0622 e. The highest BCUT2D eigenvalue weighted by molar-refractivity contribution is 4.91. The van der Waals surface area contributed by atoms with Gasteiger partial charge >= 0.3 is 0 Å². The highest BCUT2D eigenvalue weighted by Crippen LogP contribution is 2.51. The van der Waals surface area contributed by atoms with E-state index in [2.05, 4.69) is 41.5 Å².